The van der Waals surface area contributed by atoms with Crippen molar-refractivity contribution in [3.8, 4) is 0 Å². The minimum absolute atomic E-state index is 0.679. The summed E-state index contributed by atoms with van der Waals surface area (Å²) in [4.78, 5) is 0. The zero-order valence-corrected chi connectivity index (χ0v) is 11.9. The Bertz CT molecular complexity index is 395. The van der Waals surface area contributed by atoms with E-state index in [1.54, 1.807) is 0 Å². The smallest absolute Gasteiger partial charge is 0.0535 e. The summed E-state index contributed by atoms with van der Waals surface area (Å²) in [6.45, 7) is 4.27. The van der Waals surface area contributed by atoms with E-state index in [1.165, 1.54) is 56.3 Å². The van der Waals surface area contributed by atoms with E-state index in [-0.39, 0.29) is 0 Å². The quantitative estimate of drug-likeness (QED) is 0.779. The molecule has 106 valence electrons. The number of hydrogen-bond donors (Lipinski definition) is 3. The minimum Gasteiger partial charge on any atom is -0.314 e. The van der Waals surface area contributed by atoms with Crippen LogP contribution in [0.15, 0.2) is 6.20 Å². The summed E-state index contributed by atoms with van der Waals surface area (Å²) in [7, 11) is 0. The van der Waals surface area contributed by atoms with Crippen molar-refractivity contribution in [1.29, 1.82) is 0 Å². The first-order chi connectivity index (χ1) is 9.34. The van der Waals surface area contributed by atoms with Crippen molar-refractivity contribution in [3.05, 3.63) is 17.5 Å². The van der Waals surface area contributed by atoms with E-state index in [4.69, 9.17) is 0 Å². The Balaban J connectivity index is 1.59. The molecule has 3 unspecified atom stereocenters. The standard InChI is InChI=1S/C15H26N4/c1-11-12(10-18-19-11)9-17-15-6-3-2-5-13(15)14-7-4-8-16-14/h10,13-17H,2-9H2,1H3,(H,18,19). The van der Waals surface area contributed by atoms with Gasteiger partial charge in [0, 0.05) is 29.9 Å². The molecule has 2 aliphatic rings. The van der Waals surface area contributed by atoms with Crippen molar-refractivity contribution in [1.82, 2.24) is 20.8 Å². The molecular weight excluding hydrogens is 236 g/mol. The van der Waals surface area contributed by atoms with Gasteiger partial charge in [0.15, 0.2) is 0 Å². The Kier molecular flexibility index (Phi) is 4.18. The summed E-state index contributed by atoms with van der Waals surface area (Å²) in [5, 5.41) is 14.6. The molecule has 0 aromatic carbocycles. The van der Waals surface area contributed by atoms with Gasteiger partial charge in [-0.1, -0.05) is 12.8 Å². The third-order valence-corrected chi connectivity index (χ3v) is 4.92. The summed E-state index contributed by atoms with van der Waals surface area (Å²) in [6.07, 6.45) is 10.2. The average Bonchev–Trinajstić information content (AvgIpc) is 3.08. The Morgan fingerprint density at radius 3 is 2.89 bits per heavy atom. The number of H-pyrrole nitrogens is 1. The van der Waals surface area contributed by atoms with Crippen LogP contribution in [0.1, 0.15) is 49.8 Å². The van der Waals surface area contributed by atoms with Crippen LogP contribution in [-0.2, 0) is 6.54 Å². The highest BCUT2D eigenvalue weighted by Crippen LogP contribution is 2.30. The van der Waals surface area contributed by atoms with E-state index in [9.17, 15) is 0 Å². The second-order valence-electron chi connectivity index (χ2n) is 6.16. The predicted molar refractivity (Wildman–Crippen MR) is 76.9 cm³/mol. The monoisotopic (exact) mass is 262 g/mol. The second kappa shape index (κ2) is 6.06. The summed E-state index contributed by atoms with van der Waals surface area (Å²) < 4.78 is 0. The fraction of sp³-hybridized carbons (Fsp3) is 0.800. The molecule has 1 aliphatic heterocycles. The van der Waals surface area contributed by atoms with E-state index < -0.39 is 0 Å². The molecule has 3 N–H and O–H groups in total. The largest absolute Gasteiger partial charge is 0.314 e. The molecule has 3 atom stereocenters. The van der Waals surface area contributed by atoms with Gasteiger partial charge in [-0.3, -0.25) is 5.10 Å². The summed E-state index contributed by atoms with van der Waals surface area (Å²) in [5.74, 6) is 0.823. The molecule has 1 saturated heterocycles. The maximum atomic E-state index is 4.10. The predicted octanol–water partition coefficient (Wildman–Crippen LogP) is 2.12. The molecule has 0 spiro atoms. The summed E-state index contributed by atoms with van der Waals surface area (Å²) >= 11 is 0. The van der Waals surface area contributed by atoms with Crippen LogP contribution in [0.4, 0.5) is 0 Å². The second-order valence-corrected chi connectivity index (χ2v) is 6.16. The zero-order valence-electron chi connectivity index (χ0n) is 11.9. The van der Waals surface area contributed by atoms with Gasteiger partial charge in [-0.15, -0.1) is 0 Å². The van der Waals surface area contributed by atoms with Gasteiger partial charge in [-0.2, -0.15) is 5.10 Å². The topological polar surface area (TPSA) is 52.7 Å². The lowest BCUT2D eigenvalue weighted by molar-refractivity contribution is 0.213. The molecule has 0 bridgehead atoms. The Morgan fingerprint density at radius 1 is 1.26 bits per heavy atom. The van der Waals surface area contributed by atoms with E-state index >= 15 is 0 Å². The highest BCUT2D eigenvalue weighted by Gasteiger charge is 2.32. The first kappa shape index (κ1) is 13.1. The highest BCUT2D eigenvalue weighted by atomic mass is 15.1. The third kappa shape index (κ3) is 3.00. The normalized spacial score (nSPS) is 31.7. The SMILES string of the molecule is Cc1[nH]ncc1CNC1CCCCC1C1CCCN1. The molecule has 2 heterocycles. The highest BCUT2D eigenvalue weighted by molar-refractivity contribution is 5.14. The minimum atomic E-state index is 0.679. The van der Waals surface area contributed by atoms with Gasteiger partial charge >= 0.3 is 0 Å². The van der Waals surface area contributed by atoms with E-state index in [0.717, 1.165) is 18.5 Å². The van der Waals surface area contributed by atoms with Crippen LogP contribution in [0.3, 0.4) is 0 Å². The molecule has 0 amide bonds. The Hall–Kier alpha value is -0.870. The van der Waals surface area contributed by atoms with Crippen molar-refractivity contribution in [2.45, 2.75) is 64.1 Å². The summed E-state index contributed by atoms with van der Waals surface area (Å²) in [5.41, 5.74) is 2.50. The van der Waals surface area contributed by atoms with E-state index in [1.807, 2.05) is 6.20 Å². The molecular formula is C15H26N4. The molecule has 1 aliphatic carbocycles. The first-order valence-corrected chi connectivity index (χ1v) is 7.80. The molecule has 3 rings (SSSR count). The van der Waals surface area contributed by atoms with Gasteiger partial charge in [0.1, 0.15) is 0 Å². The lowest BCUT2D eigenvalue weighted by Crippen LogP contribution is -2.46. The molecule has 0 radical (unpaired) electrons. The van der Waals surface area contributed by atoms with Gasteiger partial charge in [0.2, 0.25) is 0 Å². The maximum Gasteiger partial charge on any atom is 0.0535 e. The average molecular weight is 262 g/mol. The van der Waals surface area contributed by atoms with Crippen LogP contribution in [0.2, 0.25) is 0 Å². The first-order valence-electron chi connectivity index (χ1n) is 7.80. The van der Waals surface area contributed by atoms with Crippen LogP contribution < -0.4 is 10.6 Å². The van der Waals surface area contributed by atoms with Gasteiger partial charge in [0.05, 0.1) is 6.20 Å². The molecule has 4 nitrogen and oxygen atoms in total. The van der Waals surface area contributed by atoms with Crippen LogP contribution in [0.5, 0.6) is 0 Å². The Morgan fingerprint density at radius 2 is 2.16 bits per heavy atom. The number of hydrogen-bond acceptors (Lipinski definition) is 3. The fourth-order valence-corrected chi connectivity index (χ4v) is 3.77. The number of aromatic nitrogens is 2. The van der Waals surface area contributed by atoms with Gasteiger partial charge in [0.25, 0.3) is 0 Å². The summed E-state index contributed by atoms with van der Waals surface area (Å²) in [6, 6.07) is 1.43. The zero-order chi connectivity index (χ0) is 13.1. The van der Waals surface area contributed by atoms with Gasteiger partial charge in [-0.05, 0) is 45.1 Å². The third-order valence-electron chi connectivity index (χ3n) is 4.92. The molecule has 1 saturated carbocycles. The van der Waals surface area contributed by atoms with E-state index in [2.05, 4.69) is 27.8 Å². The fourth-order valence-electron chi connectivity index (χ4n) is 3.77. The van der Waals surface area contributed by atoms with Crippen molar-refractivity contribution in [2.24, 2.45) is 5.92 Å². The maximum absolute atomic E-state index is 4.10. The van der Waals surface area contributed by atoms with Crippen LogP contribution in [-0.4, -0.2) is 28.8 Å². The molecule has 1 aromatic rings. The molecule has 4 heteroatoms. The molecule has 2 fully saturated rings. The van der Waals surface area contributed by atoms with Crippen LogP contribution in [0.25, 0.3) is 0 Å². The van der Waals surface area contributed by atoms with Gasteiger partial charge in [-0.25, -0.2) is 0 Å². The number of nitrogens with zero attached hydrogens (tertiary/aromatic N) is 1. The van der Waals surface area contributed by atoms with Crippen molar-refractivity contribution < 1.29 is 0 Å². The Labute approximate surface area is 115 Å². The number of nitrogens with one attached hydrogen (secondary N) is 3. The van der Waals surface area contributed by atoms with Crippen LogP contribution >= 0.6 is 0 Å². The van der Waals surface area contributed by atoms with Crippen molar-refractivity contribution >= 4 is 0 Å². The molecule has 19 heavy (non-hydrogen) atoms. The molecule has 1 aromatic heterocycles. The van der Waals surface area contributed by atoms with Crippen LogP contribution in [0, 0.1) is 12.8 Å². The number of rotatable bonds is 4. The van der Waals surface area contributed by atoms with Gasteiger partial charge < -0.3 is 10.6 Å². The number of aromatic amines is 1. The lowest BCUT2D eigenvalue weighted by atomic mass is 9.79. The van der Waals surface area contributed by atoms with Crippen molar-refractivity contribution in [3.63, 3.8) is 0 Å². The van der Waals surface area contributed by atoms with Crippen molar-refractivity contribution in [2.75, 3.05) is 6.54 Å². The van der Waals surface area contributed by atoms with E-state index in [0.29, 0.717) is 6.04 Å². The number of aryl methyl sites for hydroxylation is 1. The lowest BCUT2D eigenvalue weighted by Gasteiger charge is -2.36.